The molecule has 2 fully saturated rings. The van der Waals surface area contributed by atoms with Crippen LogP contribution in [0.15, 0.2) is 35.1 Å². The number of aromatic amines is 1. The third kappa shape index (κ3) is 3.67. The van der Waals surface area contributed by atoms with Gasteiger partial charge in [-0.3, -0.25) is 9.59 Å². The van der Waals surface area contributed by atoms with E-state index in [0.717, 1.165) is 81.5 Å². The minimum atomic E-state index is -0.0608. The molecule has 1 atom stereocenters. The lowest BCUT2D eigenvalue weighted by Gasteiger charge is -2.41. The molecular formula is C23H29ClN4O2. The third-order valence-electron chi connectivity index (χ3n) is 7.10. The van der Waals surface area contributed by atoms with Gasteiger partial charge in [-0.25, -0.2) is 4.98 Å². The summed E-state index contributed by atoms with van der Waals surface area (Å²) in [5.74, 6) is 1.08. The number of rotatable bonds is 2. The van der Waals surface area contributed by atoms with Crippen molar-refractivity contribution in [2.24, 2.45) is 5.92 Å². The average molecular weight is 429 g/mol. The van der Waals surface area contributed by atoms with Crippen molar-refractivity contribution in [3.63, 3.8) is 0 Å². The number of piperidine rings is 2. The maximum absolute atomic E-state index is 12.9. The minimum Gasteiger partial charge on any atom is -0.342 e. The number of nitrogens with one attached hydrogen (secondary N) is 2. The van der Waals surface area contributed by atoms with Crippen LogP contribution in [0.25, 0.3) is 11.4 Å². The Labute approximate surface area is 182 Å². The van der Waals surface area contributed by atoms with Crippen molar-refractivity contribution in [3.8, 4) is 11.4 Å². The van der Waals surface area contributed by atoms with Gasteiger partial charge in [-0.2, -0.15) is 0 Å². The molecule has 5 rings (SSSR count). The van der Waals surface area contributed by atoms with E-state index in [2.05, 4.69) is 10.3 Å². The summed E-state index contributed by atoms with van der Waals surface area (Å²) in [5, 5.41) is 3.35. The van der Waals surface area contributed by atoms with Gasteiger partial charge in [0.1, 0.15) is 5.82 Å². The number of nitrogens with zero attached hydrogens (tertiary/aromatic N) is 2. The van der Waals surface area contributed by atoms with Gasteiger partial charge < -0.3 is 15.2 Å². The molecule has 160 valence electrons. The number of hydrogen-bond donors (Lipinski definition) is 2. The zero-order chi connectivity index (χ0) is 19.8. The van der Waals surface area contributed by atoms with Crippen LogP contribution in [0.4, 0.5) is 0 Å². The zero-order valence-electron chi connectivity index (χ0n) is 17.2. The molecule has 3 aliphatic rings. The predicted octanol–water partition coefficient (Wildman–Crippen LogP) is 2.66. The van der Waals surface area contributed by atoms with Gasteiger partial charge in [0.05, 0.1) is 11.6 Å². The molecule has 7 heteroatoms. The fraction of sp³-hybridized carbons (Fsp3) is 0.522. The Bertz CT molecular complexity index is 961. The predicted molar refractivity (Wildman–Crippen MR) is 119 cm³/mol. The van der Waals surface area contributed by atoms with Crippen LogP contribution in [0.2, 0.25) is 0 Å². The molecule has 2 saturated heterocycles. The molecule has 2 aromatic rings. The van der Waals surface area contributed by atoms with E-state index in [1.807, 2.05) is 35.2 Å². The number of benzene rings is 1. The molecule has 0 bridgehead atoms. The van der Waals surface area contributed by atoms with E-state index >= 15 is 0 Å². The first kappa shape index (κ1) is 21.1. The molecular weight excluding hydrogens is 400 g/mol. The highest BCUT2D eigenvalue weighted by Gasteiger charge is 2.45. The molecule has 2 aliphatic heterocycles. The number of amides is 1. The van der Waals surface area contributed by atoms with Crippen LogP contribution in [-0.4, -0.2) is 47.0 Å². The van der Waals surface area contributed by atoms with Crippen molar-refractivity contribution in [2.75, 3.05) is 26.2 Å². The topological polar surface area (TPSA) is 78.1 Å². The largest absolute Gasteiger partial charge is 0.342 e. The molecule has 1 spiro atoms. The van der Waals surface area contributed by atoms with Gasteiger partial charge in [0, 0.05) is 36.2 Å². The smallest absolute Gasteiger partial charge is 0.254 e. The third-order valence-corrected chi connectivity index (χ3v) is 7.10. The summed E-state index contributed by atoms with van der Waals surface area (Å²) in [6.07, 6.45) is 5.62. The van der Waals surface area contributed by atoms with Crippen molar-refractivity contribution >= 4 is 18.3 Å². The Morgan fingerprint density at radius 1 is 1.13 bits per heavy atom. The summed E-state index contributed by atoms with van der Waals surface area (Å²) < 4.78 is 0. The average Bonchev–Trinajstić information content (AvgIpc) is 3.13. The number of carbonyl (C=O) groups is 1. The lowest BCUT2D eigenvalue weighted by atomic mass is 9.76. The Morgan fingerprint density at radius 2 is 1.90 bits per heavy atom. The first-order chi connectivity index (χ1) is 14.2. The second-order valence-corrected chi connectivity index (χ2v) is 8.76. The highest BCUT2D eigenvalue weighted by molar-refractivity contribution is 5.85. The van der Waals surface area contributed by atoms with Crippen molar-refractivity contribution in [1.82, 2.24) is 20.2 Å². The van der Waals surface area contributed by atoms with Crippen LogP contribution < -0.4 is 10.9 Å². The molecule has 0 unspecified atom stereocenters. The fourth-order valence-corrected chi connectivity index (χ4v) is 5.35. The van der Waals surface area contributed by atoms with Gasteiger partial charge in [-0.05, 0) is 45.1 Å². The maximum Gasteiger partial charge on any atom is 0.254 e. The Balaban J connectivity index is 0.00000218. The summed E-state index contributed by atoms with van der Waals surface area (Å²) in [5.41, 5.74) is 2.70. The van der Waals surface area contributed by atoms with Crippen LogP contribution in [0.1, 0.15) is 43.4 Å². The Morgan fingerprint density at radius 3 is 2.60 bits per heavy atom. The van der Waals surface area contributed by atoms with Crippen molar-refractivity contribution in [2.45, 2.75) is 43.9 Å². The minimum absolute atomic E-state index is 0. The summed E-state index contributed by atoms with van der Waals surface area (Å²) in [6.45, 7) is 3.36. The molecule has 1 amide bonds. The molecule has 0 saturated carbocycles. The standard InChI is InChI=1S/C23H28N4O2.ClH/c28-21-18-8-9-23(19(18)25-20(26-21)16-5-2-1-3-6-16)10-13-27(14-11-23)22(29)17-7-4-12-24-15-17;/h1-3,5-6,17,24H,4,7-15H2,(H,25,26,28);1H/t17-;/m1./s1. The molecule has 3 heterocycles. The van der Waals surface area contributed by atoms with E-state index in [1.54, 1.807) is 0 Å². The second-order valence-electron chi connectivity index (χ2n) is 8.76. The monoisotopic (exact) mass is 428 g/mol. The zero-order valence-corrected chi connectivity index (χ0v) is 18.0. The first-order valence-corrected chi connectivity index (χ1v) is 10.8. The molecule has 6 nitrogen and oxygen atoms in total. The van der Waals surface area contributed by atoms with E-state index in [4.69, 9.17) is 4.98 Å². The number of aromatic nitrogens is 2. The van der Waals surface area contributed by atoms with E-state index in [-0.39, 0.29) is 29.3 Å². The van der Waals surface area contributed by atoms with Crippen LogP contribution >= 0.6 is 12.4 Å². The molecule has 1 aromatic carbocycles. The van der Waals surface area contributed by atoms with Crippen LogP contribution in [0, 0.1) is 5.92 Å². The number of fused-ring (bicyclic) bond motifs is 2. The summed E-state index contributed by atoms with van der Waals surface area (Å²) in [7, 11) is 0. The number of likely N-dealkylation sites (tertiary alicyclic amines) is 1. The van der Waals surface area contributed by atoms with Gasteiger partial charge >= 0.3 is 0 Å². The van der Waals surface area contributed by atoms with Gasteiger partial charge in [0.15, 0.2) is 0 Å². The maximum atomic E-state index is 12.9. The SMILES string of the molecule is Cl.O=C([C@@H]1CCCNC1)N1CCC2(CCc3c2nc(-c2ccccc2)[nH]c3=O)CC1. The van der Waals surface area contributed by atoms with E-state index < -0.39 is 0 Å². The van der Waals surface area contributed by atoms with Gasteiger partial charge in [-0.15, -0.1) is 12.4 Å². The Hall–Kier alpha value is -2.18. The molecule has 2 N–H and O–H groups in total. The lowest BCUT2D eigenvalue weighted by Crippen LogP contribution is -2.49. The highest BCUT2D eigenvalue weighted by atomic mass is 35.5. The molecule has 1 aromatic heterocycles. The van der Waals surface area contributed by atoms with Gasteiger partial charge in [0.2, 0.25) is 5.91 Å². The molecule has 0 radical (unpaired) electrons. The van der Waals surface area contributed by atoms with Crippen molar-refractivity contribution in [3.05, 3.63) is 51.9 Å². The number of hydrogen-bond acceptors (Lipinski definition) is 4. The van der Waals surface area contributed by atoms with Gasteiger partial charge in [-0.1, -0.05) is 30.3 Å². The molecule has 1 aliphatic carbocycles. The fourth-order valence-electron chi connectivity index (χ4n) is 5.35. The summed E-state index contributed by atoms with van der Waals surface area (Å²) >= 11 is 0. The Kier molecular flexibility index (Phi) is 5.98. The van der Waals surface area contributed by atoms with Crippen molar-refractivity contribution < 1.29 is 4.79 Å². The van der Waals surface area contributed by atoms with E-state index in [9.17, 15) is 9.59 Å². The summed E-state index contributed by atoms with van der Waals surface area (Å²) in [4.78, 5) is 35.6. The first-order valence-electron chi connectivity index (χ1n) is 10.8. The summed E-state index contributed by atoms with van der Waals surface area (Å²) in [6, 6.07) is 9.84. The second kappa shape index (κ2) is 8.52. The lowest BCUT2D eigenvalue weighted by molar-refractivity contribution is -0.137. The van der Waals surface area contributed by atoms with Crippen LogP contribution in [-0.2, 0) is 16.6 Å². The van der Waals surface area contributed by atoms with E-state index in [0.29, 0.717) is 11.7 Å². The highest BCUT2D eigenvalue weighted by Crippen LogP contribution is 2.44. The van der Waals surface area contributed by atoms with Crippen LogP contribution in [0.5, 0.6) is 0 Å². The number of carbonyl (C=O) groups excluding carboxylic acids is 1. The normalized spacial score (nSPS) is 22.4. The van der Waals surface area contributed by atoms with Crippen LogP contribution in [0.3, 0.4) is 0 Å². The molecule has 30 heavy (non-hydrogen) atoms. The van der Waals surface area contributed by atoms with Crippen molar-refractivity contribution in [1.29, 1.82) is 0 Å². The van der Waals surface area contributed by atoms with Gasteiger partial charge in [0.25, 0.3) is 5.56 Å². The number of halogens is 1. The quantitative estimate of drug-likeness (QED) is 0.770. The van der Waals surface area contributed by atoms with E-state index in [1.165, 1.54) is 0 Å². The number of H-pyrrole nitrogens is 1.